The number of anilines is 1. The van der Waals surface area contributed by atoms with E-state index in [9.17, 15) is 0 Å². The van der Waals surface area contributed by atoms with Gasteiger partial charge in [0.05, 0.1) is 5.69 Å². The van der Waals surface area contributed by atoms with Crippen LogP contribution in [0.1, 0.15) is 11.1 Å². The summed E-state index contributed by atoms with van der Waals surface area (Å²) >= 11 is 0. The Bertz CT molecular complexity index is 563. The molecule has 0 saturated carbocycles. The zero-order chi connectivity index (χ0) is 12.5. The summed E-state index contributed by atoms with van der Waals surface area (Å²) in [5.74, 6) is 0.455. The summed E-state index contributed by atoms with van der Waals surface area (Å²) < 4.78 is 0. The van der Waals surface area contributed by atoms with E-state index in [0.29, 0.717) is 5.82 Å². The molecule has 2 heterocycles. The largest absolute Gasteiger partial charge is 0.382 e. The molecule has 2 N–H and O–H groups in total. The van der Waals surface area contributed by atoms with E-state index in [1.807, 2.05) is 6.07 Å². The standard InChI is InChI=1S/C14H16N4/c1-18-7-6-10-2-3-11(8-12(10)9-18)13-4-5-14(15)17-16-13/h2-5,8H,6-7,9H2,1H3,(H2,15,17). The van der Waals surface area contributed by atoms with Crippen LogP contribution < -0.4 is 5.73 Å². The van der Waals surface area contributed by atoms with Gasteiger partial charge in [0.15, 0.2) is 0 Å². The minimum absolute atomic E-state index is 0.455. The molecular formula is C14H16N4. The number of nitrogens with zero attached hydrogens (tertiary/aromatic N) is 3. The van der Waals surface area contributed by atoms with Gasteiger partial charge in [0.1, 0.15) is 5.82 Å². The van der Waals surface area contributed by atoms with E-state index < -0.39 is 0 Å². The van der Waals surface area contributed by atoms with Crippen molar-refractivity contribution in [3.8, 4) is 11.3 Å². The number of nitrogens with two attached hydrogens (primary N) is 1. The van der Waals surface area contributed by atoms with Gasteiger partial charge in [-0.15, -0.1) is 10.2 Å². The van der Waals surface area contributed by atoms with E-state index in [1.54, 1.807) is 6.07 Å². The van der Waals surface area contributed by atoms with Crippen molar-refractivity contribution in [2.45, 2.75) is 13.0 Å². The monoisotopic (exact) mass is 240 g/mol. The van der Waals surface area contributed by atoms with Crippen LogP contribution in [0.5, 0.6) is 0 Å². The lowest BCUT2D eigenvalue weighted by Gasteiger charge is -2.25. The number of benzene rings is 1. The van der Waals surface area contributed by atoms with Crippen LogP contribution in [0.2, 0.25) is 0 Å². The van der Waals surface area contributed by atoms with Gasteiger partial charge in [-0.25, -0.2) is 0 Å². The third kappa shape index (κ3) is 2.07. The second-order valence-electron chi connectivity index (χ2n) is 4.81. The van der Waals surface area contributed by atoms with E-state index in [0.717, 1.165) is 30.8 Å². The summed E-state index contributed by atoms with van der Waals surface area (Å²) in [4.78, 5) is 2.33. The first-order valence-corrected chi connectivity index (χ1v) is 6.12. The SMILES string of the molecule is CN1CCc2ccc(-c3ccc(N)nn3)cc2C1. The number of likely N-dealkylation sites (N-methyl/N-ethyl adjacent to an activating group) is 1. The summed E-state index contributed by atoms with van der Waals surface area (Å²) in [6.45, 7) is 2.14. The van der Waals surface area contributed by atoms with Gasteiger partial charge in [0, 0.05) is 18.7 Å². The van der Waals surface area contributed by atoms with Crippen molar-refractivity contribution in [1.82, 2.24) is 15.1 Å². The molecule has 0 atom stereocenters. The molecule has 0 spiro atoms. The molecule has 2 aromatic rings. The number of aromatic nitrogens is 2. The molecule has 0 bridgehead atoms. The van der Waals surface area contributed by atoms with Crippen molar-refractivity contribution >= 4 is 5.82 Å². The highest BCUT2D eigenvalue weighted by Crippen LogP contribution is 2.24. The van der Waals surface area contributed by atoms with Crippen LogP contribution in [0.25, 0.3) is 11.3 Å². The maximum Gasteiger partial charge on any atom is 0.146 e. The van der Waals surface area contributed by atoms with Gasteiger partial charge < -0.3 is 10.6 Å². The Hall–Kier alpha value is -1.94. The smallest absolute Gasteiger partial charge is 0.146 e. The summed E-state index contributed by atoms with van der Waals surface area (Å²) in [5, 5.41) is 8.03. The second-order valence-corrected chi connectivity index (χ2v) is 4.81. The predicted molar refractivity (Wildman–Crippen MR) is 71.9 cm³/mol. The topological polar surface area (TPSA) is 55.0 Å². The van der Waals surface area contributed by atoms with Crippen LogP contribution in [-0.2, 0) is 13.0 Å². The van der Waals surface area contributed by atoms with Crippen LogP contribution >= 0.6 is 0 Å². The number of hydrogen-bond acceptors (Lipinski definition) is 4. The van der Waals surface area contributed by atoms with Gasteiger partial charge in [0.25, 0.3) is 0 Å². The van der Waals surface area contributed by atoms with Gasteiger partial charge >= 0.3 is 0 Å². The van der Waals surface area contributed by atoms with Crippen molar-refractivity contribution in [2.24, 2.45) is 0 Å². The highest BCUT2D eigenvalue weighted by molar-refractivity contribution is 5.61. The average molecular weight is 240 g/mol. The van der Waals surface area contributed by atoms with Crippen LogP contribution in [0.15, 0.2) is 30.3 Å². The molecule has 0 aliphatic carbocycles. The average Bonchev–Trinajstić information content (AvgIpc) is 2.38. The summed E-state index contributed by atoms with van der Waals surface area (Å²) in [5.41, 5.74) is 10.4. The van der Waals surface area contributed by atoms with Crippen LogP contribution in [0, 0.1) is 0 Å². The summed E-state index contributed by atoms with van der Waals surface area (Å²) in [7, 11) is 2.15. The van der Waals surface area contributed by atoms with Crippen molar-refractivity contribution in [3.63, 3.8) is 0 Å². The first-order valence-electron chi connectivity index (χ1n) is 6.12. The first kappa shape index (κ1) is 11.2. The maximum absolute atomic E-state index is 5.55. The highest BCUT2D eigenvalue weighted by Gasteiger charge is 2.13. The van der Waals surface area contributed by atoms with Gasteiger partial charge in [0.2, 0.25) is 0 Å². The van der Waals surface area contributed by atoms with Crippen molar-refractivity contribution in [3.05, 3.63) is 41.5 Å². The molecule has 0 fully saturated rings. The Balaban J connectivity index is 1.99. The fraction of sp³-hybridized carbons (Fsp3) is 0.286. The van der Waals surface area contributed by atoms with Gasteiger partial charge in [-0.2, -0.15) is 0 Å². The van der Waals surface area contributed by atoms with Crippen LogP contribution in [0.4, 0.5) is 5.82 Å². The zero-order valence-electron chi connectivity index (χ0n) is 10.4. The lowest BCUT2D eigenvalue weighted by Crippen LogP contribution is -2.26. The third-order valence-corrected chi connectivity index (χ3v) is 3.39. The molecular weight excluding hydrogens is 224 g/mol. The molecule has 0 amide bonds. The second kappa shape index (κ2) is 4.38. The normalized spacial score (nSPS) is 15.4. The Morgan fingerprint density at radius 2 is 2.00 bits per heavy atom. The van der Waals surface area contributed by atoms with E-state index in [2.05, 4.69) is 40.3 Å². The van der Waals surface area contributed by atoms with Crippen molar-refractivity contribution < 1.29 is 0 Å². The van der Waals surface area contributed by atoms with E-state index in [1.165, 1.54) is 11.1 Å². The summed E-state index contributed by atoms with van der Waals surface area (Å²) in [6.07, 6.45) is 1.12. The molecule has 0 saturated heterocycles. The van der Waals surface area contributed by atoms with Gasteiger partial charge in [-0.1, -0.05) is 12.1 Å². The fourth-order valence-electron chi connectivity index (χ4n) is 2.35. The molecule has 1 aromatic heterocycles. The Kier molecular flexibility index (Phi) is 2.72. The number of hydrogen-bond donors (Lipinski definition) is 1. The molecule has 0 radical (unpaired) electrons. The fourth-order valence-corrected chi connectivity index (χ4v) is 2.35. The third-order valence-electron chi connectivity index (χ3n) is 3.39. The summed E-state index contributed by atoms with van der Waals surface area (Å²) in [6, 6.07) is 10.2. The van der Waals surface area contributed by atoms with Crippen molar-refractivity contribution in [1.29, 1.82) is 0 Å². The molecule has 4 heteroatoms. The quantitative estimate of drug-likeness (QED) is 0.824. The molecule has 1 aliphatic rings. The predicted octanol–water partition coefficient (Wildman–Crippen LogP) is 1.71. The molecule has 18 heavy (non-hydrogen) atoms. The maximum atomic E-state index is 5.55. The Morgan fingerprint density at radius 3 is 2.78 bits per heavy atom. The number of fused-ring (bicyclic) bond motifs is 1. The van der Waals surface area contributed by atoms with Crippen LogP contribution in [-0.4, -0.2) is 28.7 Å². The van der Waals surface area contributed by atoms with E-state index >= 15 is 0 Å². The first-order chi connectivity index (χ1) is 8.72. The minimum atomic E-state index is 0.455. The van der Waals surface area contributed by atoms with Crippen LogP contribution in [0.3, 0.4) is 0 Å². The lowest BCUT2D eigenvalue weighted by atomic mass is 9.96. The van der Waals surface area contributed by atoms with E-state index in [4.69, 9.17) is 5.73 Å². The molecule has 92 valence electrons. The van der Waals surface area contributed by atoms with Gasteiger partial charge in [-0.3, -0.25) is 0 Å². The molecule has 1 aliphatic heterocycles. The van der Waals surface area contributed by atoms with Gasteiger partial charge in [-0.05, 0) is 42.8 Å². The Morgan fingerprint density at radius 1 is 1.11 bits per heavy atom. The molecule has 0 unspecified atom stereocenters. The van der Waals surface area contributed by atoms with E-state index in [-0.39, 0.29) is 0 Å². The molecule has 3 rings (SSSR count). The van der Waals surface area contributed by atoms with Crippen molar-refractivity contribution in [2.75, 3.05) is 19.3 Å². The number of nitrogen functional groups attached to an aromatic ring is 1. The lowest BCUT2D eigenvalue weighted by molar-refractivity contribution is 0.313. The molecule has 4 nitrogen and oxygen atoms in total. The molecule has 1 aromatic carbocycles. The Labute approximate surface area is 106 Å². The highest BCUT2D eigenvalue weighted by atomic mass is 15.1. The minimum Gasteiger partial charge on any atom is -0.382 e. The number of rotatable bonds is 1. The zero-order valence-corrected chi connectivity index (χ0v) is 10.4.